The molecule has 2 rings (SSSR count). The lowest BCUT2D eigenvalue weighted by Crippen LogP contribution is -2.32. The first kappa shape index (κ1) is 12.7. The molecule has 1 aliphatic carbocycles. The number of carbonyl (C=O) groups excluding carboxylic acids is 1. The number of benzene rings is 1. The molecule has 1 unspecified atom stereocenters. The minimum absolute atomic E-state index is 0.219. The van der Waals surface area contributed by atoms with E-state index in [4.69, 9.17) is 11.5 Å². The van der Waals surface area contributed by atoms with Gasteiger partial charge in [-0.1, -0.05) is 26.3 Å². The molecular formula is C14H21N3O. The molecular weight excluding hydrogens is 226 g/mol. The van der Waals surface area contributed by atoms with Crippen LogP contribution in [0.15, 0.2) is 18.2 Å². The quantitative estimate of drug-likeness (QED) is 0.717. The summed E-state index contributed by atoms with van der Waals surface area (Å²) in [6, 6.07) is 5.58. The summed E-state index contributed by atoms with van der Waals surface area (Å²) in [6.45, 7) is 4.47. The van der Waals surface area contributed by atoms with Crippen molar-refractivity contribution in [3.05, 3.63) is 23.8 Å². The van der Waals surface area contributed by atoms with Crippen LogP contribution in [0.4, 0.5) is 11.4 Å². The van der Waals surface area contributed by atoms with Gasteiger partial charge in [0.25, 0.3) is 5.91 Å². The molecule has 1 aromatic carbocycles. The Balaban J connectivity index is 2.31. The summed E-state index contributed by atoms with van der Waals surface area (Å²) in [5.41, 5.74) is 13.3. The number of amides is 1. The minimum Gasteiger partial charge on any atom is -0.397 e. The molecule has 1 fully saturated rings. The van der Waals surface area contributed by atoms with Gasteiger partial charge in [0.05, 0.1) is 16.9 Å². The van der Waals surface area contributed by atoms with E-state index in [-0.39, 0.29) is 5.41 Å². The normalized spacial score (nSPS) is 21.8. The number of carbonyl (C=O) groups is 1. The molecule has 1 aliphatic rings. The smallest absolute Gasteiger partial charge is 0.250 e. The number of hydrogen-bond acceptors (Lipinski definition) is 3. The molecule has 0 aliphatic heterocycles. The molecule has 1 saturated carbocycles. The Labute approximate surface area is 108 Å². The zero-order valence-corrected chi connectivity index (χ0v) is 11.0. The van der Waals surface area contributed by atoms with Gasteiger partial charge in [-0.3, -0.25) is 4.79 Å². The number of nitrogens with two attached hydrogens (primary N) is 2. The van der Waals surface area contributed by atoms with E-state index in [1.165, 1.54) is 12.8 Å². The van der Waals surface area contributed by atoms with Crippen molar-refractivity contribution >= 4 is 17.3 Å². The highest BCUT2D eigenvalue weighted by atomic mass is 16.1. The molecule has 4 nitrogen and oxygen atoms in total. The van der Waals surface area contributed by atoms with Crippen LogP contribution in [0.5, 0.6) is 0 Å². The summed E-state index contributed by atoms with van der Waals surface area (Å²) in [7, 11) is 0. The van der Waals surface area contributed by atoms with Gasteiger partial charge in [-0.05, 0) is 30.4 Å². The molecule has 0 spiro atoms. The van der Waals surface area contributed by atoms with E-state index in [0.717, 1.165) is 6.42 Å². The fourth-order valence-corrected chi connectivity index (χ4v) is 2.71. The van der Waals surface area contributed by atoms with E-state index >= 15 is 0 Å². The molecule has 0 radical (unpaired) electrons. The first-order valence-corrected chi connectivity index (χ1v) is 6.36. The van der Waals surface area contributed by atoms with Gasteiger partial charge in [0.2, 0.25) is 0 Å². The third-order valence-electron chi connectivity index (χ3n) is 3.94. The summed E-state index contributed by atoms with van der Waals surface area (Å²) in [6.07, 6.45) is 3.48. The molecule has 1 aromatic rings. The number of anilines is 2. The Morgan fingerprint density at radius 2 is 2.17 bits per heavy atom. The van der Waals surface area contributed by atoms with E-state index in [1.807, 2.05) is 0 Å². The fourth-order valence-electron chi connectivity index (χ4n) is 2.71. The van der Waals surface area contributed by atoms with Crippen LogP contribution < -0.4 is 16.8 Å². The standard InChI is InChI=1S/C14H21N3O/c1-14(2)8-4-7-11(14)17-12-9(13(16)18)5-3-6-10(12)15/h3,5-6,11,17H,4,7-8,15H2,1-2H3,(H2,16,18). The summed E-state index contributed by atoms with van der Waals surface area (Å²) >= 11 is 0. The topological polar surface area (TPSA) is 81.1 Å². The van der Waals surface area contributed by atoms with E-state index in [2.05, 4.69) is 19.2 Å². The first-order valence-electron chi connectivity index (χ1n) is 6.36. The van der Waals surface area contributed by atoms with Crippen LogP contribution in [0.25, 0.3) is 0 Å². The molecule has 1 atom stereocenters. The third kappa shape index (κ3) is 2.28. The Kier molecular flexibility index (Phi) is 3.20. The Morgan fingerprint density at radius 3 is 2.72 bits per heavy atom. The van der Waals surface area contributed by atoms with E-state index in [0.29, 0.717) is 23.0 Å². The van der Waals surface area contributed by atoms with Crippen molar-refractivity contribution in [1.29, 1.82) is 0 Å². The second-order valence-electron chi connectivity index (χ2n) is 5.71. The minimum atomic E-state index is -0.444. The predicted molar refractivity (Wildman–Crippen MR) is 74.4 cm³/mol. The number of nitrogens with one attached hydrogen (secondary N) is 1. The number of primary amides is 1. The van der Waals surface area contributed by atoms with Crippen LogP contribution in [0.1, 0.15) is 43.5 Å². The average molecular weight is 247 g/mol. The van der Waals surface area contributed by atoms with Gasteiger partial charge in [-0.15, -0.1) is 0 Å². The molecule has 0 heterocycles. The van der Waals surface area contributed by atoms with Crippen molar-refractivity contribution < 1.29 is 4.79 Å². The Morgan fingerprint density at radius 1 is 1.44 bits per heavy atom. The molecule has 98 valence electrons. The van der Waals surface area contributed by atoms with Gasteiger partial charge >= 0.3 is 0 Å². The maximum atomic E-state index is 11.4. The van der Waals surface area contributed by atoms with Crippen molar-refractivity contribution in [2.24, 2.45) is 11.1 Å². The van der Waals surface area contributed by atoms with Gasteiger partial charge in [-0.2, -0.15) is 0 Å². The number of hydrogen-bond donors (Lipinski definition) is 3. The number of para-hydroxylation sites is 1. The SMILES string of the molecule is CC1(C)CCCC1Nc1c(N)cccc1C(N)=O. The van der Waals surface area contributed by atoms with Crippen LogP contribution in [-0.2, 0) is 0 Å². The second kappa shape index (κ2) is 4.52. The van der Waals surface area contributed by atoms with Gasteiger partial charge < -0.3 is 16.8 Å². The van der Waals surface area contributed by atoms with Gasteiger partial charge in [-0.25, -0.2) is 0 Å². The highest BCUT2D eigenvalue weighted by Gasteiger charge is 2.35. The van der Waals surface area contributed by atoms with Crippen molar-refractivity contribution in [3.63, 3.8) is 0 Å². The fraction of sp³-hybridized carbons (Fsp3) is 0.500. The second-order valence-corrected chi connectivity index (χ2v) is 5.71. The van der Waals surface area contributed by atoms with Gasteiger partial charge in [0.1, 0.15) is 0 Å². The Bertz CT molecular complexity index is 468. The molecule has 0 aromatic heterocycles. The van der Waals surface area contributed by atoms with E-state index in [1.54, 1.807) is 18.2 Å². The zero-order chi connectivity index (χ0) is 13.3. The van der Waals surface area contributed by atoms with E-state index in [9.17, 15) is 4.79 Å². The van der Waals surface area contributed by atoms with Crippen LogP contribution in [0.3, 0.4) is 0 Å². The van der Waals surface area contributed by atoms with Gasteiger partial charge in [0, 0.05) is 6.04 Å². The number of rotatable bonds is 3. The monoisotopic (exact) mass is 247 g/mol. The van der Waals surface area contributed by atoms with Crippen molar-refractivity contribution in [2.45, 2.75) is 39.2 Å². The lowest BCUT2D eigenvalue weighted by molar-refractivity contribution is 0.100. The van der Waals surface area contributed by atoms with Crippen molar-refractivity contribution in [2.75, 3.05) is 11.1 Å². The average Bonchev–Trinajstić information content (AvgIpc) is 2.60. The Hall–Kier alpha value is -1.71. The highest BCUT2D eigenvalue weighted by Crippen LogP contribution is 2.40. The lowest BCUT2D eigenvalue weighted by Gasteiger charge is -2.29. The predicted octanol–water partition coefficient (Wildman–Crippen LogP) is 2.36. The van der Waals surface area contributed by atoms with Crippen molar-refractivity contribution in [1.82, 2.24) is 0 Å². The molecule has 0 saturated heterocycles. The van der Waals surface area contributed by atoms with Crippen molar-refractivity contribution in [3.8, 4) is 0 Å². The van der Waals surface area contributed by atoms with Crippen LogP contribution in [0.2, 0.25) is 0 Å². The maximum absolute atomic E-state index is 11.4. The molecule has 4 heteroatoms. The maximum Gasteiger partial charge on any atom is 0.250 e. The number of nitrogen functional groups attached to an aromatic ring is 1. The lowest BCUT2D eigenvalue weighted by atomic mass is 9.87. The van der Waals surface area contributed by atoms with Gasteiger partial charge in [0.15, 0.2) is 0 Å². The third-order valence-corrected chi connectivity index (χ3v) is 3.94. The molecule has 18 heavy (non-hydrogen) atoms. The molecule has 1 amide bonds. The first-order chi connectivity index (χ1) is 8.42. The van der Waals surface area contributed by atoms with Crippen LogP contribution in [-0.4, -0.2) is 11.9 Å². The molecule has 5 N–H and O–H groups in total. The summed E-state index contributed by atoms with van der Waals surface area (Å²) in [5.74, 6) is -0.444. The largest absolute Gasteiger partial charge is 0.397 e. The van der Waals surface area contributed by atoms with Crippen LogP contribution >= 0.6 is 0 Å². The summed E-state index contributed by atoms with van der Waals surface area (Å²) in [4.78, 5) is 11.4. The highest BCUT2D eigenvalue weighted by molar-refractivity contribution is 6.01. The van der Waals surface area contributed by atoms with E-state index < -0.39 is 5.91 Å². The molecule has 0 bridgehead atoms. The summed E-state index contributed by atoms with van der Waals surface area (Å²) < 4.78 is 0. The summed E-state index contributed by atoms with van der Waals surface area (Å²) in [5, 5.41) is 3.42. The zero-order valence-electron chi connectivity index (χ0n) is 11.0. The van der Waals surface area contributed by atoms with Crippen LogP contribution in [0, 0.1) is 5.41 Å².